The highest BCUT2D eigenvalue weighted by Gasteiger charge is 2.43. The Hall–Kier alpha value is -1.06. The van der Waals surface area contributed by atoms with Gasteiger partial charge in [-0.2, -0.15) is 0 Å². The van der Waals surface area contributed by atoms with Crippen LogP contribution in [0.5, 0.6) is 0 Å². The van der Waals surface area contributed by atoms with Crippen LogP contribution in [0, 0.1) is 5.92 Å². The van der Waals surface area contributed by atoms with Crippen molar-refractivity contribution in [3.8, 4) is 0 Å². The van der Waals surface area contributed by atoms with Gasteiger partial charge >= 0.3 is 11.9 Å². The summed E-state index contributed by atoms with van der Waals surface area (Å²) >= 11 is 0. The molecule has 0 N–H and O–H groups in total. The number of ether oxygens (including phenoxy) is 2. The Bertz CT molecular complexity index is 236. The number of carbonyl (C=O) groups is 2. The predicted molar refractivity (Wildman–Crippen MR) is 44.9 cm³/mol. The molecule has 13 heavy (non-hydrogen) atoms. The van der Waals surface area contributed by atoms with E-state index >= 15 is 0 Å². The Morgan fingerprint density at radius 1 is 1.69 bits per heavy atom. The van der Waals surface area contributed by atoms with Crippen LogP contribution in [0.15, 0.2) is 0 Å². The summed E-state index contributed by atoms with van der Waals surface area (Å²) in [4.78, 5) is 22.4. The third kappa shape index (κ3) is 1.82. The van der Waals surface area contributed by atoms with Gasteiger partial charge in [-0.05, 0) is 19.8 Å². The van der Waals surface area contributed by atoms with Gasteiger partial charge in [-0.25, -0.2) is 4.79 Å². The summed E-state index contributed by atoms with van der Waals surface area (Å²) in [5, 5.41) is 0. The maximum absolute atomic E-state index is 11.2. The van der Waals surface area contributed by atoms with Crippen LogP contribution in [0.25, 0.3) is 0 Å². The predicted octanol–water partition coefficient (Wildman–Crippen LogP) is 0.891. The third-order valence-electron chi connectivity index (χ3n) is 2.40. The molecule has 0 aliphatic carbocycles. The minimum absolute atomic E-state index is 0.113. The second-order valence-electron chi connectivity index (χ2n) is 3.58. The number of hydrogen-bond donors (Lipinski definition) is 0. The highest BCUT2D eigenvalue weighted by molar-refractivity contribution is 5.84. The van der Waals surface area contributed by atoms with Crippen molar-refractivity contribution >= 4 is 11.9 Å². The maximum Gasteiger partial charge on any atom is 0.350 e. The maximum atomic E-state index is 11.2. The molecule has 0 aromatic carbocycles. The summed E-state index contributed by atoms with van der Waals surface area (Å²) in [6.07, 6.45) is 1.21. The molecule has 0 saturated carbocycles. The monoisotopic (exact) mass is 186 g/mol. The number of hydrogen-bond acceptors (Lipinski definition) is 4. The summed E-state index contributed by atoms with van der Waals surface area (Å²) < 4.78 is 9.59. The first-order valence-corrected chi connectivity index (χ1v) is 4.31. The standard InChI is InChI=1S/C9H14O4/c1-6-4-5-9(2,8(11)12-3)13-7(6)10/h6H,4-5H2,1-3H3/t6-,9-/m0/s1. The molecule has 0 aromatic rings. The van der Waals surface area contributed by atoms with Crippen molar-refractivity contribution < 1.29 is 19.1 Å². The van der Waals surface area contributed by atoms with Crippen molar-refractivity contribution in [2.45, 2.75) is 32.3 Å². The van der Waals surface area contributed by atoms with E-state index in [0.717, 1.165) is 0 Å². The average molecular weight is 186 g/mol. The molecule has 0 bridgehead atoms. The van der Waals surface area contributed by atoms with E-state index in [4.69, 9.17) is 4.74 Å². The van der Waals surface area contributed by atoms with Crippen molar-refractivity contribution in [2.75, 3.05) is 7.11 Å². The number of methoxy groups -OCH3 is 1. The molecule has 1 aliphatic rings. The van der Waals surface area contributed by atoms with Crippen LogP contribution >= 0.6 is 0 Å². The van der Waals surface area contributed by atoms with E-state index in [0.29, 0.717) is 12.8 Å². The van der Waals surface area contributed by atoms with Crippen LogP contribution in [-0.2, 0) is 19.1 Å². The summed E-state index contributed by atoms with van der Waals surface area (Å²) in [7, 11) is 1.29. The molecule has 1 heterocycles. The van der Waals surface area contributed by atoms with Crippen molar-refractivity contribution in [3.05, 3.63) is 0 Å². The second-order valence-corrected chi connectivity index (χ2v) is 3.58. The second kappa shape index (κ2) is 3.36. The summed E-state index contributed by atoms with van der Waals surface area (Å²) in [5.41, 5.74) is -1.07. The fraction of sp³-hybridized carbons (Fsp3) is 0.778. The summed E-state index contributed by atoms with van der Waals surface area (Å²) in [6, 6.07) is 0. The lowest BCUT2D eigenvalue weighted by Gasteiger charge is -2.32. The minimum Gasteiger partial charge on any atom is -0.466 e. The molecule has 0 unspecified atom stereocenters. The number of esters is 2. The van der Waals surface area contributed by atoms with E-state index in [1.165, 1.54) is 7.11 Å². The van der Waals surface area contributed by atoms with Crippen LogP contribution in [0.3, 0.4) is 0 Å². The van der Waals surface area contributed by atoms with E-state index in [9.17, 15) is 9.59 Å². The van der Waals surface area contributed by atoms with Gasteiger partial charge in [0.25, 0.3) is 0 Å². The zero-order valence-corrected chi connectivity index (χ0v) is 8.12. The quantitative estimate of drug-likeness (QED) is 0.571. The lowest BCUT2D eigenvalue weighted by atomic mass is 9.91. The van der Waals surface area contributed by atoms with Crippen LogP contribution in [0.4, 0.5) is 0 Å². The van der Waals surface area contributed by atoms with Gasteiger partial charge in [0.1, 0.15) is 0 Å². The Morgan fingerprint density at radius 3 is 2.77 bits per heavy atom. The van der Waals surface area contributed by atoms with Gasteiger partial charge in [-0.1, -0.05) is 6.92 Å². The van der Waals surface area contributed by atoms with E-state index in [2.05, 4.69) is 4.74 Å². The Kier molecular flexibility index (Phi) is 2.59. The average Bonchev–Trinajstić information content (AvgIpc) is 2.11. The zero-order chi connectivity index (χ0) is 10.1. The highest BCUT2D eigenvalue weighted by atomic mass is 16.6. The molecular formula is C9H14O4. The van der Waals surface area contributed by atoms with Crippen LogP contribution < -0.4 is 0 Å². The van der Waals surface area contributed by atoms with Crippen LogP contribution in [0.1, 0.15) is 26.7 Å². The van der Waals surface area contributed by atoms with E-state index in [-0.39, 0.29) is 11.9 Å². The Balaban J connectivity index is 2.72. The summed E-state index contributed by atoms with van der Waals surface area (Å²) in [5.74, 6) is -0.912. The fourth-order valence-electron chi connectivity index (χ4n) is 1.34. The zero-order valence-electron chi connectivity index (χ0n) is 8.12. The van der Waals surface area contributed by atoms with Crippen molar-refractivity contribution in [3.63, 3.8) is 0 Å². The molecule has 0 radical (unpaired) electrons. The van der Waals surface area contributed by atoms with Gasteiger partial charge in [-0.15, -0.1) is 0 Å². The van der Waals surface area contributed by atoms with Gasteiger partial charge in [-0.3, -0.25) is 4.79 Å². The van der Waals surface area contributed by atoms with Crippen LogP contribution in [0.2, 0.25) is 0 Å². The molecule has 74 valence electrons. The third-order valence-corrected chi connectivity index (χ3v) is 2.40. The Morgan fingerprint density at radius 2 is 2.31 bits per heavy atom. The first-order valence-electron chi connectivity index (χ1n) is 4.31. The van der Waals surface area contributed by atoms with Gasteiger partial charge in [0, 0.05) is 0 Å². The molecule has 1 rings (SSSR count). The van der Waals surface area contributed by atoms with E-state index in [1.54, 1.807) is 13.8 Å². The first-order chi connectivity index (χ1) is 5.99. The lowest BCUT2D eigenvalue weighted by molar-refractivity contribution is -0.188. The fourth-order valence-corrected chi connectivity index (χ4v) is 1.34. The minimum atomic E-state index is -1.07. The normalized spacial score (nSPS) is 33.8. The smallest absolute Gasteiger partial charge is 0.350 e. The molecule has 0 spiro atoms. The first kappa shape index (κ1) is 10.0. The lowest BCUT2D eigenvalue weighted by Crippen LogP contribution is -2.46. The largest absolute Gasteiger partial charge is 0.466 e. The van der Waals surface area contributed by atoms with Crippen LogP contribution in [-0.4, -0.2) is 24.6 Å². The van der Waals surface area contributed by atoms with Gasteiger partial charge < -0.3 is 9.47 Å². The number of carbonyl (C=O) groups excluding carboxylic acids is 2. The number of cyclic esters (lactones) is 1. The van der Waals surface area contributed by atoms with E-state index < -0.39 is 11.6 Å². The molecule has 1 fully saturated rings. The highest BCUT2D eigenvalue weighted by Crippen LogP contribution is 2.29. The number of rotatable bonds is 1. The van der Waals surface area contributed by atoms with Crippen molar-refractivity contribution in [1.82, 2.24) is 0 Å². The summed E-state index contributed by atoms with van der Waals surface area (Å²) in [6.45, 7) is 3.38. The van der Waals surface area contributed by atoms with Gasteiger partial charge in [0.05, 0.1) is 13.0 Å². The molecule has 4 heteroatoms. The van der Waals surface area contributed by atoms with Gasteiger partial charge in [0.15, 0.2) is 0 Å². The molecule has 1 aliphatic heterocycles. The molecule has 0 aromatic heterocycles. The Labute approximate surface area is 77.2 Å². The SMILES string of the molecule is COC(=O)[C@]1(C)CC[C@H](C)C(=O)O1. The van der Waals surface area contributed by atoms with Crippen molar-refractivity contribution in [1.29, 1.82) is 0 Å². The molecule has 4 nitrogen and oxygen atoms in total. The molecular weight excluding hydrogens is 172 g/mol. The topological polar surface area (TPSA) is 52.6 Å². The van der Waals surface area contributed by atoms with Gasteiger partial charge in [0.2, 0.25) is 5.60 Å². The molecule has 1 saturated heterocycles. The van der Waals surface area contributed by atoms with Crippen molar-refractivity contribution in [2.24, 2.45) is 5.92 Å². The van der Waals surface area contributed by atoms with E-state index in [1.807, 2.05) is 0 Å². The molecule has 2 atom stereocenters. The molecule has 0 amide bonds.